The molecule has 7 heteroatoms. The molecule has 1 unspecified atom stereocenters. The predicted octanol–water partition coefficient (Wildman–Crippen LogP) is 3.88. The highest BCUT2D eigenvalue weighted by Crippen LogP contribution is 2.20. The molecule has 3 rings (SSSR count). The average molecular weight is 394 g/mol. The molecule has 25 heavy (non-hydrogen) atoms. The lowest BCUT2D eigenvalue weighted by Crippen LogP contribution is -3.09. The Kier molecular flexibility index (Phi) is 6.06. The highest BCUT2D eigenvalue weighted by molar-refractivity contribution is 7.71. The molecule has 0 radical (unpaired) electrons. The molecule has 1 N–H and O–H groups in total. The molecule has 0 aliphatic rings. The van der Waals surface area contributed by atoms with Gasteiger partial charge in [-0.1, -0.05) is 41.9 Å². The van der Waals surface area contributed by atoms with Gasteiger partial charge in [-0.25, -0.2) is 0 Å². The lowest BCUT2D eigenvalue weighted by Gasteiger charge is -2.16. The Hall–Kier alpha value is -1.47. The van der Waals surface area contributed by atoms with E-state index in [0.717, 1.165) is 46.8 Å². The minimum atomic E-state index is 0.748. The molecule has 0 amide bonds. The second-order valence-electron chi connectivity index (χ2n) is 5.86. The molecule has 0 saturated heterocycles. The molecule has 3 aromatic rings. The van der Waals surface area contributed by atoms with Crippen LogP contribution in [0.15, 0.2) is 42.5 Å². The summed E-state index contributed by atoms with van der Waals surface area (Å²) in [5.74, 6) is 0.933. The molecule has 0 spiro atoms. The first-order chi connectivity index (χ1) is 12.1. The summed E-state index contributed by atoms with van der Waals surface area (Å²) in [4.78, 5) is 2.68. The van der Waals surface area contributed by atoms with E-state index in [2.05, 4.69) is 36.6 Å². The zero-order chi connectivity index (χ0) is 17.8. The van der Waals surface area contributed by atoms with Gasteiger partial charge in [-0.2, -0.15) is 4.68 Å². The van der Waals surface area contributed by atoms with Gasteiger partial charge in [0.2, 0.25) is 4.77 Å². The van der Waals surface area contributed by atoms with Crippen LogP contribution in [0, 0.1) is 4.77 Å². The summed E-state index contributed by atoms with van der Waals surface area (Å²) < 4.78 is 5.66. The van der Waals surface area contributed by atoms with E-state index in [0.29, 0.717) is 0 Å². The maximum atomic E-state index is 6.05. The van der Waals surface area contributed by atoms with Crippen LogP contribution < -0.4 is 4.90 Å². The number of nitrogens with zero attached hydrogens (tertiary/aromatic N) is 3. The van der Waals surface area contributed by atoms with Gasteiger partial charge in [0.1, 0.15) is 6.54 Å². The van der Waals surface area contributed by atoms with Crippen LogP contribution in [0.5, 0.6) is 0 Å². The lowest BCUT2D eigenvalue weighted by molar-refractivity contribution is -0.935. The summed E-state index contributed by atoms with van der Waals surface area (Å²) in [6.07, 6.45) is 0. The number of quaternary nitrogens is 1. The molecule has 1 atom stereocenters. The molecular weight excluding hydrogens is 372 g/mol. The standard InChI is InChI=1S/C18H21ClN4S2/c1-3-21(12-15-10-11-16(19)25-15)13-23-18(24)22(4-2)17(20-23)14-8-6-5-7-9-14/h5-11H,3-4,12-13H2,1-2H3/p+1. The van der Waals surface area contributed by atoms with Gasteiger partial charge >= 0.3 is 0 Å². The van der Waals surface area contributed by atoms with Crippen molar-refractivity contribution >= 4 is 35.2 Å². The Labute approximate surface area is 162 Å². The molecule has 2 aromatic heterocycles. The molecule has 2 heterocycles. The topological polar surface area (TPSA) is 27.2 Å². The van der Waals surface area contributed by atoms with Crippen LogP contribution in [0.4, 0.5) is 0 Å². The summed E-state index contributed by atoms with van der Waals surface area (Å²) in [6.45, 7) is 7.77. The minimum absolute atomic E-state index is 0.748. The number of halogens is 1. The minimum Gasteiger partial charge on any atom is -0.312 e. The van der Waals surface area contributed by atoms with Crippen molar-refractivity contribution in [2.45, 2.75) is 33.6 Å². The Morgan fingerprint density at radius 1 is 1.16 bits per heavy atom. The third-order valence-electron chi connectivity index (χ3n) is 4.20. The number of aromatic nitrogens is 3. The summed E-state index contributed by atoms with van der Waals surface area (Å²) in [5, 5.41) is 4.82. The second-order valence-corrected chi connectivity index (χ2v) is 8.03. The summed E-state index contributed by atoms with van der Waals surface area (Å²) in [6, 6.07) is 14.3. The third-order valence-corrected chi connectivity index (χ3v) is 5.86. The van der Waals surface area contributed by atoms with Crippen molar-refractivity contribution in [1.82, 2.24) is 14.3 Å². The quantitative estimate of drug-likeness (QED) is 0.617. The number of nitrogens with one attached hydrogen (secondary N) is 1. The van der Waals surface area contributed by atoms with E-state index >= 15 is 0 Å². The molecule has 0 aliphatic carbocycles. The van der Waals surface area contributed by atoms with Gasteiger partial charge in [0.15, 0.2) is 12.5 Å². The molecule has 1 aromatic carbocycles. The summed E-state index contributed by atoms with van der Waals surface area (Å²) >= 11 is 13.4. The molecule has 0 saturated carbocycles. The Bertz CT molecular complexity index is 882. The largest absolute Gasteiger partial charge is 0.312 e. The van der Waals surface area contributed by atoms with E-state index in [-0.39, 0.29) is 0 Å². The molecule has 132 valence electrons. The van der Waals surface area contributed by atoms with Crippen LogP contribution in [-0.4, -0.2) is 20.9 Å². The zero-order valence-corrected chi connectivity index (χ0v) is 16.8. The maximum absolute atomic E-state index is 6.05. The van der Waals surface area contributed by atoms with Crippen molar-refractivity contribution in [1.29, 1.82) is 0 Å². The first-order valence-electron chi connectivity index (χ1n) is 8.43. The zero-order valence-electron chi connectivity index (χ0n) is 14.4. The smallest absolute Gasteiger partial charge is 0.203 e. The van der Waals surface area contributed by atoms with Crippen LogP contribution in [0.1, 0.15) is 18.7 Å². The number of rotatable bonds is 7. The fourth-order valence-corrected chi connectivity index (χ4v) is 4.31. The monoisotopic (exact) mass is 393 g/mol. The Balaban J connectivity index is 1.86. The summed E-state index contributed by atoms with van der Waals surface area (Å²) in [7, 11) is 0. The van der Waals surface area contributed by atoms with E-state index in [4.69, 9.17) is 28.9 Å². The van der Waals surface area contributed by atoms with Crippen LogP contribution in [0.2, 0.25) is 4.34 Å². The number of benzene rings is 1. The fourth-order valence-electron chi connectivity index (χ4n) is 2.83. The van der Waals surface area contributed by atoms with Crippen LogP contribution >= 0.6 is 35.2 Å². The molecule has 0 aliphatic heterocycles. The highest BCUT2D eigenvalue weighted by Gasteiger charge is 2.16. The van der Waals surface area contributed by atoms with Gasteiger partial charge in [0, 0.05) is 12.1 Å². The molecule has 4 nitrogen and oxygen atoms in total. The average Bonchev–Trinajstić information content (AvgIpc) is 3.18. The number of hydrogen-bond acceptors (Lipinski definition) is 3. The Morgan fingerprint density at radius 2 is 1.92 bits per heavy atom. The van der Waals surface area contributed by atoms with Crippen molar-refractivity contribution in [2.75, 3.05) is 6.54 Å². The van der Waals surface area contributed by atoms with Gasteiger partial charge in [-0.05, 0) is 38.2 Å². The van der Waals surface area contributed by atoms with Gasteiger partial charge in [0.05, 0.1) is 15.8 Å². The van der Waals surface area contributed by atoms with E-state index in [9.17, 15) is 0 Å². The third kappa shape index (κ3) is 4.20. The maximum Gasteiger partial charge on any atom is 0.203 e. The lowest BCUT2D eigenvalue weighted by atomic mass is 10.2. The van der Waals surface area contributed by atoms with Crippen molar-refractivity contribution in [2.24, 2.45) is 0 Å². The molecular formula is C18H22ClN4S2+. The van der Waals surface area contributed by atoms with E-state index in [1.54, 1.807) is 11.3 Å². The van der Waals surface area contributed by atoms with Gasteiger partial charge < -0.3 is 9.47 Å². The van der Waals surface area contributed by atoms with Crippen LogP contribution in [-0.2, 0) is 19.8 Å². The SMILES string of the molecule is CCn1c(-c2ccccc2)nn(C[NH+](CC)Cc2ccc(Cl)s2)c1=S. The van der Waals surface area contributed by atoms with Crippen molar-refractivity contribution in [3.8, 4) is 11.4 Å². The van der Waals surface area contributed by atoms with Crippen LogP contribution in [0.25, 0.3) is 11.4 Å². The van der Waals surface area contributed by atoms with E-state index in [1.807, 2.05) is 28.9 Å². The van der Waals surface area contributed by atoms with Crippen LogP contribution in [0.3, 0.4) is 0 Å². The molecule has 0 fully saturated rings. The van der Waals surface area contributed by atoms with E-state index < -0.39 is 0 Å². The second kappa shape index (κ2) is 8.27. The fraction of sp³-hybridized carbons (Fsp3) is 0.333. The first-order valence-corrected chi connectivity index (χ1v) is 10.0. The van der Waals surface area contributed by atoms with Crippen molar-refractivity contribution < 1.29 is 4.90 Å². The first kappa shape index (κ1) is 18.3. The van der Waals surface area contributed by atoms with Crippen molar-refractivity contribution in [3.05, 3.63) is 56.4 Å². The summed E-state index contributed by atoms with van der Waals surface area (Å²) in [5.41, 5.74) is 1.09. The normalized spacial score (nSPS) is 12.4. The van der Waals surface area contributed by atoms with E-state index in [1.165, 1.54) is 9.78 Å². The van der Waals surface area contributed by atoms with Gasteiger partial charge in [-0.3, -0.25) is 0 Å². The predicted molar refractivity (Wildman–Crippen MR) is 107 cm³/mol. The molecule has 0 bridgehead atoms. The highest BCUT2D eigenvalue weighted by atomic mass is 35.5. The van der Waals surface area contributed by atoms with Gasteiger partial charge in [-0.15, -0.1) is 16.4 Å². The van der Waals surface area contributed by atoms with Crippen molar-refractivity contribution in [3.63, 3.8) is 0 Å². The number of hydrogen-bond donors (Lipinski definition) is 1. The number of thiophene rings is 1. The van der Waals surface area contributed by atoms with Gasteiger partial charge in [0.25, 0.3) is 0 Å². The Morgan fingerprint density at radius 3 is 2.52 bits per heavy atom.